The third kappa shape index (κ3) is 4.46. The molecule has 20 heavy (non-hydrogen) atoms. The van der Waals surface area contributed by atoms with Gasteiger partial charge in [0, 0.05) is 11.1 Å². The summed E-state index contributed by atoms with van der Waals surface area (Å²) in [6, 6.07) is -2.33. The van der Waals surface area contributed by atoms with Gasteiger partial charge in [-0.1, -0.05) is 6.92 Å². The zero-order valence-corrected chi connectivity index (χ0v) is 12.4. The molecular weight excluding hydrogens is 282 g/mol. The van der Waals surface area contributed by atoms with Crippen LogP contribution in [0.5, 0.6) is 0 Å². The Morgan fingerprint density at radius 2 is 2.05 bits per heavy atom. The fourth-order valence-electron chi connectivity index (χ4n) is 1.52. The Morgan fingerprint density at radius 1 is 1.40 bits per heavy atom. The predicted molar refractivity (Wildman–Crippen MR) is 74.7 cm³/mol. The highest BCUT2D eigenvalue weighted by atomic mass is 32.1. The Labute approximate surface area is 121 Å². The molecule has 1 aromatic rings. The number of hydrogen-bond donors (Lipinski definition) is 4. The lowest BCUT2D eigenvalue weighted by Gasteiger charge is -2.19. The van der Waals surface area contributed by atoms with Crippen LogP contribution in [0.25, 0.3) is 0 Å². The van der Waals surface area contributed by atoms with E-state index in [1.54, 1.807) is 13.1 Å². The SMILES string of the molecule is CCc1cnc(C(C)NC(=O)NC(C(=O)O)C(C)O)s1. The van der Waals surface area contributed by atoms with Crippen molar-refractivity contribution in [1.29, 1.82) is 0 Å². The third-order valence-electron chi connectivity index (χ3n) is 2.67. The standard InChI is InChI=1S/C12H19N3O4S/c1-4-8-5-13-10(20-8)6(2)14-12(19)15-9(7(3)16)11(17)18/h5-7,9,16H,4H2,1-3H3,(H,17,18)(H2,14,15,19). The topological polar surface area (TPSA) is 112 Å². The number of urea groups is 1. The average Bonchev–Trinajstić information content (AvgIpc) is 2.83. The molecule has 1 heterocycles. The molecule has 0 spiro atoms. The number of carboxylic acids is 1. The van der Waals surface area contributed by atoms with Crippen LogP contribution in [0, 0.1) is 0 Å². The van der Waals surface area contributed by atoms with Crippen molar-refractivity contribution in [3.8, 4) is 0 Å². The molecule has 0 saturated carbocycles. The molecule has 4 N–H and O–H groups in total. The van der Waals surface area contributed by atoms with Crippen molar-refractivity contribution in [2.45, 2.75) is 45.4 Å². The molecule has 7 nitrogen and oxygen atoms in total. The average molecular weight is 301 g/mol. The van der Waals surface area contributed by atoms with Gasteiger partial charge in [0.1, 0.15) is 5.01 Å². The second-order valence-electron chi connectivity index (χ2n) is 4.41. The van der Waals surface area contributed by atoms with Gasteiger partial charge in [0.05, 0.1) is 12.1 Å². The molecule has 3 atom stereocenters. The highest BCUT2D eigenvalue weighted by Gasteiger charge is 2.25. The van der Waals surface area contributed by atoms with Crippen LogP contribution in [0.2, 0.25) is 0 Å². The van der Waals surface area contributed by atoms with Gasteiger partial charge in [-0.05, 0) is 20.3 Å². The van der Waals surface area contributed by atoms with Crippen LogP contribution >= 0.6 is 11.3 Å². The smallest absolute Gasteiger partial charge is 0.328 e. The van der Waals surface area contributed by atoms with Gasteiger partial charge in [0.25, 0.3) is 0 Å². The van der Waals surface area contributed by atoms with E-state index in [0.29, 0.717) is 0 Å². The summed E-state index contributed by atoms with van der Waals surface area (Å²) in [5.74, 6) is -1.29. The number of carboxylic acid groups (broad SMARTS) is 1. The maximum absolute atomic E-state index is 11.7. The van der Waals surface area contributed by atoms with Crippen molar-refractivity contribution >= 4 is 23.3 Å². The summed E-state index contributed by atoms with van der Waals surface area (Å²) in [5, 5.41) is 23.7. The second kappa shape index (κ2) is 7.20. The van der Waals surface area contributed by atoms with E-state index in [2.05, 4.69) is 15.6 Å². The number of hydrogen-bond acceptors (Lipinski definition) is 5. The molecule has 112 valence electrons. The normalized spacial score (nSPS) is 15.2. The first-order chi connectivity index (χ1) is 9.35. The molecule has 3 unspecified atom stereocenters. The van der Waals surface area contributed by atoms with E-state index in [1.807, 2.05) is 6.92 Å². The summed E-state index contributed by atoms with van der Waals surface area (Å²) in [6.07, 6.45) is 1.45. The highest BCUT2D eigenvalue weighted by molar-refractivity contribution is 7.11. The van der Waals surface area contributed by atoms with Crippen molar-refractivity contribution < 1.29 is 19.8 Å². The zero-order valence-electron chi connectivity index (χ0n) is 11.6. The van der Waals surface area contributed by atoms with Gasteiger partial charge in [0.2, 0.25) is 0 Å². The van der Waals surface area contributed by atoms with Crippen molar-refractivity contribution in [2.24, 2.45) is 0 Å². The van der Waals surface area contributed by atoms with Crippen LogP contribution < -0.4 is 10.6 Å². The fourth-order valence-corrected chi connectivity index (χ4v) is 2.38. The lowest BCUT2D eigenvalue weighted by molar-refractivity contribution is -0.141. The molecule has 0 radical (unpaired) electrons. The maximum atomic E-state index is 11.7. The minimum absolute atomic E-state index is 0.330. The van der Waals surface area contributed by atoms with Crippen LogP contribution in [0.1, 0.15) is 36.7 Å². The van der Waals surface area contributed by atoms with E-state index >= 15 is 0 Å². The van der Waals surface area contributed by atoms with Crippen LogP contribution in [0.4, 0.5) is 4.79 Å². The number of rotatable bonds is 6. The molecular formula is C12H19N3O4S. The quantitative estimate of drug-likeness (QED) is 0.624. The van der Waals surface area contributed by atoms with Gasteiger partial charge in [-0.15, -0.1) is 11.3 Å². The molecule has 0 aliphatic heterocycles. The van der Waals surface area contributed by atoms with Gasteiger partial charge >= 0.3 is 12.0 Å². The molecule has 0 fully saturated rings. The van der Waals surface area contributed by atoms with Gasteiger partial charge in [-0.3, -0.25) is 0 Å². The van der Waals surface area contributed by atoms with Crippen LogP contribution in [0.3, 0.4) is 0 Å². The van der Waals surface area contributed by atoms with E-state index in [4.69, 9.17) is 5.11 Å². The molecule has 1 aromatic heterocycles. The summed E-state index contributed by atoms with van der Waals surface area (Å²) < 4.78 is 0. The lowest BCUT2D eigenvalue weighted by atomic mass is 10.2. The van der Waals surface area contributed by atoms with Gasteiger partial charge in [-0.2, -0.15) is 0 Å². The Balaban J connectivity index is 2.59. The van der Waals surface area contributed by atoms with E-state index < -0.39 is 24.1 Å². The molecule has 0 aliphatic carbocycles. The Morgan fingerprint density at radius 3 is 2.50 bits per heavy atom. The first kappa shape index (κ1) is 16.4. The molecule has 1 rings (SSSR count). The van der Waals surface area contributed by atoms with Gasteiger partial charge in [0.15, 0.2) is 6.04 Å². The number of aliphatic hydroxyl groups is 1. The first-order valence-corrected chi connectivity index (χ1v) is 7.09. The molecule has 0 aromatic carbocycles. The van der Waals surface area contributed by atoms with Gasteiger partial charge in [-0.25, -0.2) is 14.6 Å². The van der Waals surface area contributed by atoms with Crippen LogP contribution in [-0.4, -0.2) is 39.3 Å². The molecule has 0 saturated heterocycles. The zero-order chi connectivity index (χ0) is 15.3. The number of nitrogens with one attached hydrogen (secondary N) is 2. The summed E-state index contributed by atoms with van der Waals surface area (Å²) in [6.45, 7) is 5.08. The number of carbonyl (C=O) groups excluding carboxylic acids is 1. The monoisotopic (exact) mass is 301 g/mol. The Hall–Kier alpha value is -1.67. The largest absolute Gasteiger partial charge is 0.480 e. The molecule has 0 aliphatic rings. The number of aryl methyl sites for hydroxylation is 1. The minimum Gasteiger partial charge on any atom is -0.480 e. The number of nitrogens with zero attached hydrogens (tertiary/aromatic N) is 1. The van der Waals surface area contributed by atoms with Crippen molar-refractivity contribution in [1.82, 2.24) is 15.6 Å². The third-order valence-corrected chi connectivity index (χ3v) is 4.00. The van der Waals surface area contributed by atoms with E-state index in [1.165, 1.54) is 18.3 Å². The number of aliphatic hydroxyl groups excluding tert-OH is 1. The number of thiazole rings is 1. The summed E-state index contributed by atoms with van der Waals surface area (Å²) in [7, 11) is 0. The number of carbonyl (C=O) groups is 2. The van der Waals surface area contributed by atoms with E-state index in [0.717, 1.165) is 16.3 Å². The first-order valence-electron chi connectivity index (χ1n) is 6.27. The lowest BCUT2D eigenvalue weighted by Crippen LogP contribution is -2.51. The number of aliphatic carboxylic acids is 1. The Bertz CT molecular complexity index is 475. The minimum atomic E-state index is -1.34. The predicted octanol–water partition coefficient (Wildman–Crippen LogP) is 0.900. The van der Waals surface area contributed by atoms with E-state index in [-0.39, 0.29) is 6.04 Å². The van der Waals surface area contributed by atoms with Crippen molar-refractivity contribution in [3.63, 3.8) is 0 Å². The van der Waals surface area contributed by atoms with Crippen molar-refractivity contribution in [3.05, 3.63) is 16.1 Å². The van der Waals surface area contributed by atoms with Gasteiger partial charge < -0.3 is 20.8 Å². The van der Waals surface area contributed by atoms with Crippen LogP contribution in [-0.2, 0) is 11.2 Å². The second-order valence-corrected chi connectivity index (χ2v) is 5.56. The summed E-state index contributed by atoms with van der Waals surface area (Å²) in [5.41, 5.74) is 0. The Kier molecular flexibility index (Phi) is 5.90. The van der Waals surface area contributed by atoms with Crippen LogP contribution in [0.15, 0.2) is 6.20 Å². The highest BCUT2D eigenvalue weighted by Crippen LogP contribution is 2.19. The maximum Gasteiger partial charge on any atom is 0.328 e. The molecule has 0 bridgehead atoms. The van der Waals surface area contributed by atoms with E-state index in [9.17, 15) is 14.7 Å². The fraction of sp³-hybridized carbons (Fsp3) is 0.583. The molecule has 8 heteroatoms. The summed E-state index contributed by atoms with van der Waals surface area (Å²) in [4.78, 5) is 27.9. The number of amides is 2. The summed E-state index contributed by atoms with van der Waals surface area (Å²) >= 11 is 1.50. The van der Waals surface area contributed by atoms with Crippen molar-refractivity contribution in [2.75, 3.05) is 0 Å². The number of aromatic nitrogens is 1. The molecule has 2 amide bonds.